The Morgan fingerprint density at radius 2 is 1.67 bits per heavy atom. The van der Waals surface area contributed by atoms with E-state index in [0.29, 0.717) is 11.8 Å². The lowest BCUT2D eigenvalue weighted by atomic mass is 9.68. The van der Waals surface area contributed by atoms with Crippen LogP contribution in [0.4, 0.5) is 0 Å². The topological polar surface area (TPSA) is 40.5 Å². The number of aliphatic hydroxyl groups excluding tert-OH is 2. The molecule has 0 spiro atoms. The third kappa shape index (κ3) is 3.18. The summed E-state index contributed by atoms with van der Waals surface area (Å²) in [6.07, 6.45) is 2.41. The van der Waals surface area contributed by atoms with Gasteiger partial charge >= 0.3 is 0 Å². The first-order chi connectivity index (χ1) is 6.93. The minimum absolute atomic E-state index is 0.283. The molecule has 2 heteroatoms. The van der Waals surface area contributed by atoms with E-state index in [-0.39, 0.29) is 5.92 Å². The normalized spacial score (nSPS) is 36.6. The van der Waals surface area contributed by atoms with Gasteiger partial charge in [0.1, 0.15) is 0 Å². The maximum atomic E-state index is 9.97. The summed E-state index contributed by atoms with van der Waals surface area (Å²) < 4.78 is 0. The summed E-state index contributed by atoms with van der Waals surface area (Å²) in [5.74, 6) is 2.25. The minimum atomic E-state index is -0.594. The molecule has 2 N–H and O–H groups in total. The first-order valence-corrected chi connectivity index (χ1v) is 6.29. The molecular weight excluding hydrogens is 188 g/mol. The largest absolute Gasteiger partial charge is 0.391 e. The zero-order valence-corrected chi connectivity index (χ0v) is 10.5. The smallest absolute Gasteiger partial charge is 0.0827 e. The molecule has 1 saturated carbocycles. The first-order valence-electron chi connectivity index (χ1n) is 6.29. The average Bonchev–Trinajstić information content (AvgIpc) is 2.16. The molecule has 0 radical (unpaired) electrons. The predicted molar refractivity (Wildman–Crippen MR) is 62.5 cm³/mol. The van der Waals surface area contributed by atoms with Gasteiger partial charge in [-0.05, 0) is 43.4 Å². The van der Waals surface area contributed by atoms with Gasteiger partial charge in [0.05, 0.1) is 12.2 Å². The van der Waals surface area contributed by atoms with Crippen molar-refractivity contribution in [2.24, 2.45) is 23.7 Å². The molecular formula is C13H26O2. The van der Waals surface area contributed by atoms with Gasteiger partial charge in [0, 0.05) is 0 Å². The fourth-order valence-electron chi connectivity index (χ4n) is 2.83. The van der Waals surface area contributed by atoms with Gasteiger partial charge in [-0.3, -0.25) is 0 Å². The highest BCUT2D eigenvalue weighted by atomic mass is 16.3. The Morgan fingerprint density at radius 3 is 2.13 bits per heavy atom. The Hall–Kier alpha value is -0.0800. The Balaban J connectivity index is 2.61. The second-order valence-electron chi connectivity index (χ2n) is 5.69. The average molecular weight is 214 g/mol. The molecule has 0 saturated heterocycles. The number of hydrogen-bond donors (Lipinski definition) is 2. The Labute approximate surface area is 93.7 Å². The SMILES string of the molecule is CC(C)C1CCC(C)C(C(O)C(C)O)C1. The van der Waals surface area contributed by atoms with E-state index in [1.165, 1.54) is 12.8 Å². The van der Waals surface area contributed by atoms with E-state index in [4.69, 9.17) is 0 Å². The Kier molecular flexibility index (Phi) is 4.60. The van der Waals surface area contributed by atoms with E-state index in [9.17, 15) is 10.2 Å². The molecule has 0 heterocycles. The van der Waals surface area contributed by atoms with E-state index < -0.39 is 12.2 Å². The second-order valence-corrected chi connectivity index (χ2v) is 5.69. The fraction of sp³-hybridized carbons (Fsp3) is 1.00. The molecule has 0 amide bonds. The number of aliphatic hydroxyl groups is 2. The summed E-state index contributed by atoms with van der Waals surface area (Å²) >= 11 is 0. The van der Waals surface area contributed by atoms with Crippen molar-refractivity contribution in [3.05, 3.63) is 0 Å². The molecule has 15 heavy (non-hydrogen) atoms. The van der Waals surface area contributed by atoms with Gasteiger partial charge in [0.15, 0.2) is 0 Å². The van der Waals surface area contributed by atoms with Crippen LogP contribution in [0, 0.1) is 23.7 Å². The van der Waals surface area contributed by atoms with Crippen LogP contribution in [0.3, 0.4) is 0 Å². The molecule has 0 aromatic rings. The van der Waals surface area contributed by atoms with Crippen LogP contribution < -0.4 is 0 Å². The number of hydrogen-bond acceptors (Lipinski definition) is 2. The predicted octanol–water partition coefficient (Wildman–Crippen LogP) is 2.44. The van der Waals surface area contributed by atoms with Gasteiger partial charge in [-0.2, -0.15) is 0 Å². The molecule has 90 valence electrons. The van der Waals surface area contributed by atoms with Crippen LogP contribution in [0.2, 0.25) is 0 Å². The van der Waals surface area contributed by atoms with Crippen LogP contribution in [0.15, 0.2) is 0 Å². The van der Waals surface area contributed by atoms with Gasteiger partial charge in [-0.25, -0.2) is 0 Å². The maximum Gasteiger partial charge on any atom is 0.0827 e. The van der Waals surface area contributed by atoms with Gasteiger partial charge in [-0.15, -0.1) is 0 Å². The molecule has 2 nitrogen and oxygen atoms in total. The third-order valence-electron chi connectivity index (χ3n) is 4.17. The summed E-state index contributed by atoms with van der Waals surface area (Å²) in [4.78, 5) is 0. The van der Waals surface area contributed by atoms with E-state index >= 15 is 0 Å². The lowest BCUT2D eigenvalue weighted by Crippen LogP contribution is -2.39. The van der Waals surface area contributed by atoms with Crippen molar-refractivity contribution in [3.8, 4) is 0 Å². The molecule has 0 aromatic carbocycles. The van der Waals surface area contributed by atoms with Crippen LogP contribution in [-0.4, -0.2) is 22.4 Å². The van der Waals surface area contributed by atoms with E-state index in [1.807, 2.05) is 0 Å². The van der Waals surface area contributed by atoms with Crippen molar-refractivity contribution in [1.82, 2.24) is 0 Å². The van der Waals surface area contributed by atoms with E-state index in [0.717, 1.165) is 12.3 Å². The van der Waals surface area contributed by atoms with Crippen molar-refractivity contribution < 1.29 is 10.2 Å². The van der Waals surface area contributed by atoms with Crippen molar-refractivity contribution in [2.45, 2.75) is 59.2 Å². The first kappa shape index (κ1) is 13.0. The highest BCUT2D eigenvalue weighted by molar-refractivity contribution is 4.85. The summed E-state index contributed by atoms with van der Waals surface area (Å²) in [6, 6.07) is 0. The highest BCUT2D eigenvalue weighted by Crippen LogP contribution is 2.39. The van der Waals surface area contributed by atoms with Gasteiger partial charge in [0.2, 0.25) is 0 Å². The minimum Gasteiger partial charge on any atom is -0.391 e. The Bertz CT molecular complexity index is 189. The fourth-order valence-corrected chi connectivity index (χ4v) is 2.83. The summed E-state index contributed by atoms with van der Waals surface area (Å²) in [6.45, 7) is 8.40. The van der Waals surface area contributed by atoms with Crippen molar-refractivity contribution >= 4 is 0 Å². The van der Waals surface area contributed by atoms with Crippen LogP contribution in [0.1, 0.15) is 47.0 Å². The summed E-state index contributed by atoms with van der Waals surface area (Å²) in [7, 11) is 0. The highest BCUT2D eigenvalue weighted by Gasteiger charge is 2.35. The lowest BCUT2D eigenvalue weighted by molar-refractivity contribution is -0.0455. The van der Waals surface area contributed by atoms with Crippen molar-refractivity contribution in [3.63, 3.8) is 0 Å². The van der Waals surface area contributed by atoms with Crippen LogP contribution >= 0.6 is 0 Å². The molecule has 5 unspecified atom stereocenters. The molecule has 1 aliphatic rings. The Morgan fingerprint density at radius 1 is 1.07 bits per heavy atom. The third-order valence-corrected chi connectivity index (χ3v) is 4.17. The zero-order valence-electron chi connectivity index (χ0n) is 10.5. The summed E-state index contributed by atoms with van der Waals surface area (Å²) in [5.41, 5.74) is 0. The summed E-state index contributed by atoms with van der Waals surface area (Å²) in [5, 5.41) is 19.4. The van der Waals surface area contributed by atoms with Crippen LogP contribution in [0.5, 0.6) is 0 Å². The molecule has 0 aliphatic heterocycles. The number of rotatable bonds is 3. The standard InChI is InChI=1S/C13H26O2/c1-8(2)11-6-5-9(3)12(7-11)13(15)10(4)14/h8-15H,5-7H2,1-4H3. The second kappa shape index (κ2) is 5.31. The molecule has 1 fully saturated rings. The van der Waals surface area contributed by atoms with Crippen LogP contribution in [-0.2, 0) is 0 Å². The molecule has 0 aromatic heterocycles. The van der Waals surface area contributed by atoms with Crippen molar-refractivity contribution in [1.29, 1.82) is 0 Å². The maximum absolute atomic E-state index is 9.97. The van der Waals surface area contributed by atoms with Crippen LogP contribution in [0.25, 0.3) is 0 Å². The van der Waals surface area contributed by atoms with Crippen molar-refractivity contribution in [2.75, 3.05) is 0 Å². The van der Waals surface area contributed by atoms with E-state index in [2.05, 4.69) is 20.8 Å². The monoisotopic (exact) mass is 214 g/mol. The lowest BCUT2D eigenvalue weighted by Gasteiger charge is -2.39. The zero-order chi connectivity index (χ0) is 11.6. The van der Waals surface area contributed by atoms with Gasteiger partial charge < -0.3 is 10.2 Å². The molecule has 5 atom stereocenters. The quantitative estimate of drug-likeness (QED) is 0.757. The van der Waals surface area contributed by atoms with Gasteiger partial charge in [0.25, 0.3) is 0 Å². The van der Waals surface area contributed by atoms with Gasteiger partial charge in [-0.1, -0.05) is 27.2 Å². The molecule has 1 aliphatic carbocycles. The molecule has 1 rings (SSSR count). The van der Waals surface area contributed by atoms with E-state index in [1.54, 1.807) is 6.92 Å². The molecule has 0 bridgehead atoms.